The highest BCUT2D eigenvalue weighted by molar-refractivity contribution is 7.99. The quantitative estimate of drug-likeness (QED) is 0.457. The molecule has 0 saturated carbocycles. The normalized spacial score (nSPS) is 12.0. The highest BCUT2D eigenvalue weighted by Gasteiger charge is 2.17. The molecule has 0 bridgehead atoms. The van der Waals surface area contributed by atoms with E-state index in [1.54, 1.807) is 13.2 Å². The van der Waals surface area contributed by atoms with Crippen molar-refractivity contribution >= 4 is 40.9 Å². The molecule has 9 heteroatoms. The lowest BCUT2D eigenvalue weighted by molar-refractivity contribution is -0.119. The summed E-state index contributed by atoms with van der Waals surface area (Å²) in [4.78, 5) is 12.5. The van der Waals surface area contributed by atoms with Gasteiger partial charge in [-0.3, -0.25) is 9.36 Å². The van der Waals surface area contributed by atoms with Crippen LogP contribution in [0.2, 0.25) is 10.0 Å². The molecule has 1 aromatic heterocycles. The van der Waals surface area contributed by atoms with Crippen LogP contribution in [0.15, 0.2) is 53.7 Å². The van der Waals surface area contributed by atoms with Crippen molar-refractivity contribution < 1.29 is 9.53 Å². The van der Waals surface area contributed by atoms with Crippen LogP contribution in [0.5, 0.6) is 0 Å². The van der Waals surface area contributed by atoms with Gasteiger partial charge in [0, 0.05) is 22.7 Å². The number of benzene rings is 2. The highest BCUT2D eigenvalue weighted by atomic mass is 35.5. The summed E-state index contributed by atoms with van der Waals surface area (Å²) in [5, 5.41) is 13.5. The van der Waals surface area contributed by atoms with Crippen LogP contribution in [0.25, 0.3) is 11.4 Å². The van der Waals surface area contributed by atoms with E-state index < -0.39 is 0 Å². The number of thioether (sulfide) groups is 1. The summed E-state index contributed by atoms with van der Waals surface area (Å²) < 4.78 is 7.17. The van der Waals surface area contributed by atoms with E-state index in [2.05, 4.69) is 15.5 Å². The first-order chi connectivity index (χ1) is 14.5. The average Bonchev–Trinajstić information content (AvgIpc) is 3.14. The fraction of sp³-hybridized carbons (Fsp3) is 0.286. The summed E-state index contributed by atoms with van der Waals surface area (Å²) in [5.41, 5.74) is 1.85. The van der Waals surface area contributed by atoms with Gasteiger partial charge < -0.3 is 10.1 Å². The van der Waals surface area contributed by atoms with Crippen molar-refractivity contribution in [2.75, 3.05) is 19.5 Å². The Morgan fingerprint density at radius 1 is 1.17 bits per heavy atom. The molecular formula is C21H22Cl2N4O2S. The number of rotatable bonds is 9. The largest absolute Gasteiger partial charge is 0.383 e. The van der Waals surface area contributed by atoms with Gasteiger partial charge in [-0.1, -0.05) is 47.1 Å². The summed E-state index contributed by atoms with van der Waals surface area (Å²) >= 11 is 13.4. The minimum Gasteiger partial charge on any atom is -0.383 e. The molecule has 30 heavy (non-hydrogen) atoms. The van der Waals surface area contributed by atoms with Gasteiger partial charge in [0.1, 0.15) is 0 Å². The molecule has 1 unspecified atom stereocenters. The van der Waals surface area contributed by atoms with Gasteiger partial charge in [-0.15, -0.1) is 10.2 Å². The second-order valence-electron chi connectivity index (χ2n) is 6.59. The van der Waals surface area contributed by atoms with E-state index in [4.69, 9.17) is 27.9 Å². The van der Waals surface area contributed by atoms with E-state index in [-0.39, 0.29) is 17.7 Å². The summed E-state index contributed by atoms with van der Waals surface area (Å²) in [7, 11) is 1.64. The number of ether oxygens (including phenoxy) is 1. The van der Waals surface area contributed by atoms with Crippen molar-refractivity contribution in [2.24, 2.45) is 0 Å². The van der Waals surface area contributed by atoms with Gasteiger partial charge in [-0.05, 0) is 48.9 Å². The van der Waals surface area contributed by atoms with Gasteiger partial charge in [-0.25, -0.2) is 0 Å². The molecule has 0 saturated heterocycles. The van der Waals surface area contributed by atoms with Crippen LogP contribution in [-0.4, -0.2) is 40.1 Å². The first-order valence-electron chi connectivity index (χ1n) is 9.33. The molecule has 158 valence electrons. The zero-order valence-corrected chi connectivity index (χ0v) is 19.0. The van der Waals surface area contributed by atoms with E-state index in [1.165, 1.54) is 11.8 Å². The monoisotopic (exact) mass is 464 g/mol. The minimum atomic E-state index is -0.146. The van der Waals surface area contributed by atoms with Crippen LogP contribution >= 0.6 is 35.0 Å². The number of hydrogen-bond donors (Lipinski definition) is 1. The molecule has 3 rings (SSSR count). The van der Waals surface area contributed by atoms with Gasteiger partial charge in [0.05, 0.1) is 24.9 Å². The third-order valence-corrected chi connectivity index (χ3v) is 5.85. The molecule has 0 aliphatic carbocycles. The molecule has 2 aromatic carbocycles. The second kappa shape index (κ2) is 10.8. The van der Waals surface area contributed by atoms with Crippen LogP contribution in [0.3, 0.4) is 0 Å². The van der Waals surface area contributed by atoms with Crippen molar-refractivity contribution in [3.63, 3.8) is 0 Å². The first-order valence-corrected chi connectivity index (χ1v) is 11.1. The van der Waals surface area contributed by atoms with Crippen LogP contribution in [0.4, 0.5) is 0 Å². The molecule has 0 radical (unpaired) electrons. The Balaban J connectivity index is 1.68. The van der Waals surface area contributed by atoms with Crippen LogP contribution in [0, 0.1) is 0 Å². The number of hydrogen-bond acceptors (Lipinski definition) is 5. The number of carbonyl (C=O) groups excluding carboxylic acids is 1. The molecular weight excluding hydrogens is 443 g/mol. The minimum absolute atomic E-state index is 0.0955. The fourth-order valence-corrected chi connectivity index (χ4v) is 3.97. The lowest BCUT2D eigenvalue weighted by Gasteiger charge is -2.14. The van der Waals surface area contributed by atoms with Gasteiger partial charge in [0.25, 0.3) is 0 Å². The van der Waals surface area contributed by atoms with E-state index in [0.717, 1.165) is 11.1 Å². The fourth-order valence-electron chi connectivity index (χ4n) is 2.86. The van der Waals surface area contributed by atoms with Gasteiger partial charge in [0.2, 0.25) is 5.91 Å². The molecule has 0 spiro atoms. The van der Waals surface area contributed by atoms with Gasteiger partial charge in [0.15, 0.2) is 11.0 Å². The molecule has 1 heterocycles. The number of aromatic nitrogens is 3. The average molecular weight is 465 g/mol. The number of nitrogens with one attached hydrogen (secondary N) is 1. The van der Waals surface area contributed by atoms with Crippen molar-refractivity contribution in [3.8, 4) is 11.4 Å². The third-order valence-electron chi connectivity index (χ3n) is 4.40. The number of amides is 1. The van der Waals surface area contributed by atoms with Crippen LogP contribution in [0.1, 0.15) is 18.5 Å². The lowest BCUT2D eigenvalue weighted by Crippen LogP contribution is -2.28. The van der Waals surface area contributed by atoms with E-state index in [1.807, 2.05) is 54.0 Å². The zero-order chi connectivity index (χ0) is 21.5. The summed E-state index contributed by atoms with van der Waals surface area (Å²) in [5.74, 6) is 0.831. The maximum atomic E-state index is 12.5. The standard InChI is InChI=1S/C21H22Cl2N4O2S/c1-14(16-4-3-5-18(23)12-16)24-19(28)13-30-21-26-25-20(27(21)10-11-29-2)15-6-8-17(22)9-7-15/h3-9,12,14H,10-11,13H2,1-2H3,(H,24,28). The maximum Gasteiger partial charge on any atom is 0.230 e. The Morgan fingerprint density at radius 3 is 2.63 bits per heavy atom. The number of methoxy groups -OCH3 is 1. The maximum absolute atomic E-state index is 12.5. The van der Waals surface area contributed by atoms with Gasteiger partial charge in [-0.2, -0.15) is 0 Å². The summed E-state index contributed by atoms with van der Waals surface area (Å²) in [6.07, 6.45) is 0. The molecule has 0 aliphatic rings. The Hall–Kier alpha value is -2.06. The predicted octanol–water partition coefficient (Wildman–Crippen LogP) is 4.87. The molecule has 1 atom stereocenters. The molecule has 0 aliphatic heterocycles. The Morgan fingerprint density at radius 2 is 1.93 bits per heavy atom. The Labute approximate surface area is 189 Å². The van der Waals surface area contributed by atoms with Crippen molar-refractivity contribution in [3.05, 3.63) is 64.1 Å². The van der Waals surface area contributed by atoms with Crippen LogP contribution < -0.4 is 5.32 Å². The van der Waals surface area contributed by atoms with E-state index in [9.17, 15) is 4.79 Å². The van der Waals surface area contributed by atoms with E-state index >= 15 is 0 Å². The molecule has 6 nitrogen and oxygen atoms in total. The van der Waals surface area contributed by atoms with Crippen molar-refractivity contribution in [1.29, 1.82) is 0 Å². The number of halogens is 2. The van der Waals surface area contributed by atoms with E-state index in [0.29, 0.717) is 34.2 Å². The van der Waals surface area contributed by atoms with Crippen molar-refractivity contribution in [2.45, 2.75) is 24.7 Å². The Bertz CT molecular complexity index is 995. The number of carbonyl (C=O) groups is 1. The van der Waals surface area contributed by atoms with Crippen LogP contribution in [-0.2, 0) is 16.1 Å². The molecule has 3 aromatic rings. The molecule has 1 amide bonds. The third kappa shape index (κ3) is 5.98. The zero-order valence-electron chi connectivity index (χ0n) is 16.6. The molecule has 1 N–H and O–H groups in total. The van der Waals surface area contributed by atoms with Gasteiger partial charge >= 0.3 is 0 Å². The smallest absolute Gasteiger partial charge is 0.230 e. The number of nitrogens with zero attached hydrogens (tertiary/aromatic N) is 3. The second-order valence-corrected chi connectivity index (χ2v) is 8.41. The topological polar surface area (TPSA) is 69.0 Å². The van der Waals surface area contributed by atoms with Crippen molar-refractivity contribution in [1.82, 2.24) is 20.1 Å². The summed E-state index contributed by atoms with van der Waals surface area (Å²) in [6.45, 7) is 3.00. The first kappa shape index (κ1) is 22.6. The highest BCUT2D eigenvalue weighted by Crippen LogP contribution is 2.25. The predicted molar refractivity (Wildman–Crippen MR) is 121 cm³/mol. The Kier molecular flexibility index (Phi) is 8.16. The lowest BCUT2D eigenvalue weighted by atomic mass is 10.1. The SMILES string of the molecule is COCCn1c(SCC(=O)NC(C)c2cccc(Cl)c2)nnc1-c1ccc(Cl)cc1. The summed E-state index contributed by atoms with van der Waals surface area (Å²) in [6, 6.07) is 14.7. The molecule has 0 fully saturated rings.